The van der Waals surface area contributed by atoms with Crippen molar-refractivity contribution in [1.82, 2.24) is 25.5 Å². The van der Waals surface area contributed by atoms with E-state index in [9.17, 15) is 4.79 Å². The molecule has 0 aliphatic carbocycles. The predicted octanol–water partition coefficient (Wildman–Crippen LogP) is 1.77. The molecule has 9 heteroatoms. The van der Waals surface area contributed by atoms with E-state index in [0.29, 0.717) is 23.3 Å². The number of nitrogens with one attached hydrogen (secondary N) is 2. The molecule has 1 aromatic heterocycles. The first-order chi connectivity index (χ1) is 11.2. The van der Waals surface area contributed by atoms with Gasteiger partial charge in [0, 0.05) is 29.7 Å². The summed E-state index contributed by atoms with van der Waals surface area (Å²) < 4.78 is 7.15. The number of carbonyl (C=O) groups is 1. The Bertz CT molecular complexity index is 710. The first kappa shape index (κ1) is 18.0. The van der Waals surface area contributed by atoms with Crippen LogP contribution in [0.1, 0.15) is 26.3 Å². The highest BCUT2D eigenvalue weighted by Crippen LogP contribution is 2.23. The zero-order valence-electron chi connectivity index (χ0n) is 14.1. The number of aromatic nitrogens is 4. The van der Waals surface area contributed by atoms with Crippen molar-refractivity contribution in [1.29, 1.82) is 0 Å². The summed E-state index contributed by atoms with van der Waals surface area (Å²) in [6.07, 6.45) is 0. The molecule has 8 nitrogen and oxygen atoms in total. The highest BCUT2D eigenvalue weighted by molar-refractivity contribution is 6.30. The van der Waals surface area contributed by atoms with Gasteiger partial charge in [-0.15, -0.1) is 0 Å². The summed E-state index contributed by atoms with van der Waals surface area (Å²) in [4.78, 5) is 11.9. The van der Waals surface area contributed by atoms with Gasteiger partial charge in [-0.25, -0.2) is 4.68 Å². The van der Waals surface area contributed by atoms with E-state index in [1.54, 1.807) is 25.2 Å². The quantitative estimate of drug-likeness (QED) is 0.822. The van der Waals surface area contributed by atoms with Crippen molar-refractivity contribution in [3.63, 3.8) is 0 Å². The standard InChI is InChI=1S/C15H21ClN6O2/c1-15(2,3)18-13(23)9-24-12-6-5-11(16)7-10(12)8-17-14-19-20-21-22(14)4/h5-7H,8-9H2,1-4H3,(H,18,23)(H,17,19,21). The Hall–Kier alpha value is -2.35. The van der Waals surface area contributed by atoms with Gasteiger partial charge in [-0.05, 0) is 49.4 Å². The highest BCUT2D eigenvalue weighted by atomic mass is 35.5. The number of rotatable bonds is 6. The second kappa shape index (κ2) is 7.48. The molecule has 0 saturated carbocycles. The summed E-state index contributed by atoms with van der Waals surface area (Å²) in [5, 5.41) is 17.7. The predicted molar refractivity (Wildman–Crippen MR) is 91.0 cm³/mol. The number of aryl methyl sites for hydroxylation is 1. The molecule has 0 radical (unpaired) electrons. The molecule has 0 bridgehead atoms. The lowest BCUT2D eigenvalue weighted by atomic mass is 10.1. The molecule has 1 amide bonds. The monoisotopic (exact) mass is 352 g/mol. The Morgan fingerprint density at radius 3 is 2.75 bits per heavy atom. The zero-order chi connectivity index (χ0) is 17.7. The summed E-state index contributed by atoms with van der Waals surface area (Å²) in [5.74, 6) is 0.909. The molecule has 0 fully saturated rings. The van der Waals surface area contributed by atoms with E-state index in [2.05, 4.69) is 26.2 Å². The molecule has 1 aromatic carbocycles. The Kier molecular flexibility index (Phi) is 5.61. The fourth-order valence-corrected chi connectivity index (χ4v) is 2.17. The molecule has 24 heavy (non-hydrogen) atoms. The fraction of sp³-hybridized carbons (Fsp3) is 0.467. The molecular weight excluding hydrogens is 332 g/mol. The first-order valence-corrected chi connectivity index (χ1v) is 7.81. The van der Waals surface area contributed by atoms with Crippen LogP contribution >= 0.6 is 11.6 Å². The van der Waals surface area contributed by atoms with E-state index in [1.807, 2.05) is 20.8 Å². The molecule has 2 aromatic rings. The number of amides is 1. The first-order valence-electron chi connectivity index (χ1n) is 7.43. The number of anilines is 1. The van der Waals surface area contributed by atoms with Crippen LogP contribution < -0.4 is 15.4 Å². The minimum Gasteiger partial charge on any atom is -0.483 e. The van der Waals surface area contributed by atoms with Gasteiger partial charge in [-0.1, -0.05) is 16.7 Å². The van der Waals surface area contributed by atoms with E-state index in [4.69, 9.17) is 16.3 Å². The SMILES string of the molecule is Cn1nnnc1NCc1cc(Cl)ccc1OCC(=O)NC(C)(C)C. The molecule has 0 aliphatic rings. The van der Waals surface area contributed by atoms with Crippen LogP contribution in [0.25, 0.3) is 0 Å². The Labute approximate surface area is 145 Å². The third-order valence-electron chi connectivity index (χ3n) is 2.95. The van der Waals surface area contributed by atoms with Crippen LogP contribution in [0.15, 0.2) is 18.2 Å². The number of nitrogens with zero attached hydrogens (tertiary/aromatic N) is 4. The number of tetrazole rings is 1. The highest BCUT2D eigenvalue weighted by Gasteiger charge is 2.15. The lowest BCUT2D eigenvalue weighted by Crippen LogP contribution is -2.43. The van der Waals surface area contributed by atoms with E-state index < -0.39 is 0 Å². The maximum atomic E-state index is 11.9. The average Bonchev–Trinajstić information content (AvgIpc) is 2.87. The molecular formula is C15H21ClN6O2. The van der Waals surface area contributed by atoms with Crippen molar-refractivity contribution < 1.29 is 9.53 Å². The minimum atomic E-state index is -0.303. The van der Waals surface area contributed by atoms with Gasteiger partial charge >= 0.3 is 0 Å². The van der Waals surface area contributed by atoms with Crippen LogP contribution in [0.2, 0.25) is 5.02 Å². The summed E-state index contributed by atoms with van der Waals surface area (Å²) in [6, 6.07) is 5.22. The van der Waals surface area contributed by atoms with E-state index in [-0.39, 0.29) is 18.1 Å². The van der Waals surface area contributed by atoms with E-state index in [1.165, 1.54) is 4.68 Å². The molecule has 130 valence electrons. The van der Waals surface area contributed by atoms with Gasteiger partial charge < -0.3 is 15.4 Å². The van der Waals surface area contributed by atoms with Gasteiger partial charge in [0.05, 0.1) is 0 Å². The average molecular weight is 353 g/mol. The van der Waals surface area contributed by atoms with Gasteiger partial charge in [0.2, 0.25) is 5.95 Å². The maximum absolute atomic E-state index is 11.9. The van der Waals surface area contributed by atoms with Crippen LogP contribution in [-0.4, -0.2) is 38.3 Å². The molecule has 0 aliphatic heterocycles. The fourth-order valence-electron chi connectivity index (χ4n) is 1.98. The normalized spacial score (nSPS) is 11.2. The van der Waals surface area contributed by atoms with E-state index in [0.717, 1.165) is 5.56 Å². The Morgan fingerprint density at radius 1 is 1.38 bits per heavy atom. The lowest BCUT2D eigenvalue weighted by molar-refractivity contribution is -0.124. The number of benzene rings is 1. The number of ether oxygens (including phenoxy) is 1. The number of hydrogen-bond acceptors (Lipinski definition) is 6. The molecule has 2 N–H and O–H groups in total. The van der Waals surface area contributed by atoms with Crippen molar-refractivity contribution in [2.45, 2.75) is 32.9 Å². The maximum Gasteiger partial charge on any atom is 0.258 e. The lowest BCUT2D eigenvalue weighted by Gasteiger charge is -2.21. The minimum absolute atomic E-state index is 0.0720. The van der Waals surface area contributed by atoms with Crippen molar-refractivity contribution in [3.05, 3.63) is 28.8 Å². The molecule has 0 saturated heterocycles. The summed E-state index contributed by atoms with van der Waals surface area (Å²) in [7, 11) is 1.73. The Balaban J connectivity index is 2.02. The van der Waals surface area contributed by atoms with Crippen LogP contribution in [0.4, 0.5) is 5.95 Å². The summed E-state index contributed by atoms with van der Waals surface area (Å²) >= 11 is 6.05. The molecule has 0 atom stereocenters. The van der Waals surface area contributed by atoms with Gasteiger partial charge in [-0.3, -0.25) is 4.79 Å². The van der Waals surface area contributed by atoms with Gasteiger partial charge in [0.1, 0.15) is 5.75 Å². The van der Waals surface area contributed by atoms with Gasteiger partial charge in [-0.2, -0.15) is 0 Å². The third-order valence-corrected chi connectivity index (χ3v) is 3.19. The summed E-state index contributed by atoms with van der Waals surface area (Å²) in [6.45, 7) is 6.08. The molecule has 2 rings (SSSR count). The number of hydrogen-bond donors (Lipinski definition) is 2. The van der Waals surface area contributed by atoms with E-state index >= 15 is 0 Å². The van der Waals surface area contributed by atoms with Crippen LogP contribution in [0.3, 0.4) is 0 Å². The topological polar surface area (TPSA) is 94.0 Å². The largest absolute Gasteiger partial charge is 0.483 e. The van der Waals surface area contributed by atoms with Crippen molar-refractivity contribution in [2.24, 2.45) is 7.05 Å². The van der Waals surface area contributed by atoms with Gasteiger partial charge in [0.25, 0.3) is 5.91 Å². The smallest absolute Gasteiger partial charge is 0.258 e. The second-order valence-corrected chi connectivity index (χ2v) is 6.75. The zero-order valence-corrected chi connectivity index (χ0v) is 14.9. The van der Waals surface area contributed by atoms with Crippen molar-refractivity contribution in [2.75, 3.05) is 11.9 Å². The third kappa shape index (κ3) is 5.38. The molecule has 1 heterocycles. The molecule has 0 unspecified atom stereocenters. The number of carbonyl (C=O) groups excluding carboxylic acids is 1. The summed E-state index contributed by atoms with van der Waals surface area (Å²) in [5.41, 5.74) is 0.498. The van der Waals surface area contributed by atoms with Crippen LogP contribution in [-0.2, 0) is 18.4 Å². The number of halogens is 1. The van der Waals surface area contributed by atoms with Crippen molar-refractivity contribution >= 4 is 23.5 Å². The van der Waals surface area contributed by atoms with Crippen LogP contribution in [0, 0.1) is 0 Å². The molecule has 0 spiro atoms. The Morgan fingerprint density at radius 2 is 2.12 bits per heavy atom. The second-order valence-electron chi connectivity index (χ2n) is 6.32. The van der Waals surface area contributed by atoms with Crippen LogP contribution in [0.5, 0.6) is 5.75 Å². The van der Waals surface area contributed by atoms with Crippen molar-refractivity contribution in [3.8, 4) is 5.75 Å². The van der Waals surface area contributed by atoms with Gasteiger partial charge in [0.15, 0.2) is 6.61 Å².